The first kappa shape index (κ1) is 20.3. The van der Waals surface area contributed by atoms with Crippen LogP contribution in [0.1, 0.15) is 48.8 Å². The Morgan fingerprint density at radius 2 is 1.81 bits per heavy atom. The average Bonchev–Trinajstić information content (AvgIpc) is 3.20. The number of benzene rings is 1. The molecule has 6 heteroatoms. The van der Waals surface area contributed by atoms with Crippen LogP contribution in [0.3, 0.4) is 0 Å². The number of amides is 1. The predicted octanol–water partition coefficient (Wildman–Crippen LogP) is 2.69. The highest BCUT2D eigenvalue weighted by atomic mass is 32.2. The molecule has 1 atom stereocenters. The van der Waals surface area contributed by atoms with E-state index in [1.54, 1.807) is 0 Å². The Balaban J connectivity index is 1.68. The van der Waals surface area contributed by atoms with Gasteiger partial charge in [-0.15, -0.1) is 0 Å². The molecule has 1 aromatic carbocycles. The van der Waals surface area contributed by atoms with Crippen LogP contribution in [0.4, 0.5) is 0 Å². The van der Waals surface area contributed by atoms with Gasteiger partial charge in [0.15, 0.2) is 9.84 Å². The third-order valence-corrected chi connectivity index (χ3v) is 7.70. The van der Waals surface area contributed by atoms with Gasteiger partial charge in [-0.25, -0.2) is 8.42 Å². The topological polar surface area (TPSA) is 57.7 Å². The van der Waals surface area contributed by atoms with E-state index in [1.807, 2.05) is 16.8 Å². The van der Waals surface area contributed by atoms with E-state index in [4.69, 9.17) is 0 Å². The molecule has 2 fully saturated rings. The standard InChI is InChI=1S/C21H32N2O3S/c1-16-8-9-18(17(2)12-16)13-22(3)14-21(24)23(19-6-4-5-7-19)20-10-11-27(25,26)15-20/h8-9,12,19-20H,4-7,10-11,13-15H2,1-3H3. The molecule has 0 radical (unpaired) electrons. The molecule has 150 valence electrons. The van der Waals surface area contributed by atoms with Crippen molar-refractivity contribution in [1.29, 1.82) is 0 Å². The molecule has 1 heterocycles. The summed E-state index contributed by atoms with van der Waals surface area (Å²) in [6.07, 6.45) is 4.86. The maximum absolute atomic E-state index is 13.2. The van der Waals surface area contributed by atoms with Gasteiger partial charge in [-0.05, 0) is 51.3 Å². The summed E-state index contributed by atoms with van der Waals surface area (Å²) in [7, 11) is -1.03. The number of aryl methyl sites for hydroxylation is 2. The maximum Gasteiger partial charge on any atom is 0.237 e. The maximum atomic E-state index is 13.2. The van der Waals surface area contributed by atoms with Crippen molar-refractivity contribution in [2.24, 2.45) is 0 Å². The Morgan fingerprint density at radius 3 is 2.41 bits per heavy atom. The second kappa shape index (κ2) is 8.31. The van der Waals surface area contributed by atoms with Gasteiger partial charge in [-0.1, -0.05) is 36.6 Å². The first-order chi connectivity index (χ1) is 12.7. The molecule has 1 aliphatic heterocycles. The normalized spacial score (nSPS) is 22.4. The first-order valence-electron chi connectivity index (χ1n) is 10.0. The lowest BCUT2D eigenvalue weighted by atomic mass is 10.1. The van der Waals surface area contributed by atoms with Crippen molar-refractivity contribution in [2.45, 2.75) is 64.6 Å². The molecule has 0 bridgehead atoms. The number of sulfone groups is 1. The smallest absolute Gasteiger partial charge is 0.237 e. The molecule has 1 unspecified atom stereocenters. The summed E-state index contributed by atoms with van der Waals surface area (Å²) >= 11 is 0. The Bertz CT molecular complexity index is 785. The van der Waals surface area contributed by atoms with Crippen LogP contribution < -0.4 is 0 Å². The predicted molar refractivity (Wildman–Crippen MR) is 108 cm³/mol. The quantitative estimate of drug-likeness (QED) is 0.747. The third-order valence-electron chi connectivity index (χ3n) is 5.95. The number of carbonyl (C=O) groups is 1. The number of rotatable bonds is 6. The molecule has 1 saturated carbocycles. The summed E-state index contributed by atoms with van der Waals surface area (Å²) in [6, 6.07) is 6.47. The highest BCUT2D eigenvalue weighted by Gasteiger charge is 2.39. The van der Waals surface area contributed by atoms with Gasteiger partial charge >= 0.3 is 0 Å². The molecule has 0 spiro atoms. The van der Waals surface area contributed by atoms with E-state index in [2.05, 4.69) is 32.0 Å². The van der Waals surface area contributed by atoms with Crippen LogP contribution in [0.5, 0.6) is 0 Å². The first-order valence-corrected chi connectivity index (χ1v) is 11.8. The van der Waals surface area contributed by atoms with E-state index in [0.717, 1.165) is 32.2 Å². The van der Waals surface area contributed by atoms with Gasteiger partial charge in [0.05, 0.1) is 18.1 Å². The number of likely N-dealkylation sites (N-methyl/N-ethyl adjacent to an activating group) is 1. The van der Waals surface area contributed by atoms with Crippen molar-refractivity contribution in [3.8, 4) is 0 Å². The van der Waals surface area contributed by atoms with Gasteiger partial charge in [0.1, 0.15) is 0 Å². The summed E-state index contributed by atoms with van der Waals surface area (Å²) in [6.45, 7) is 5.24. The van der Waals surface area contributed by atoms with E-state index >= 15 is 0 Å². The van der Waals surface area contributed by atoms with Gasteiger partial charge in [-0.3, -0.25) is 9.69 Å². The summed E-state index contributed by atoms with van der Waals surface area (Å²) in [4.78, 5) is 17.1. The second-order valence-electron chi connectivity index (χ2n) is 8.40. The van der Waals surface area contributed by atoms with Crippen molar-refractivity contribution in [1.82, 2.24) is 9.80 Å². The molecule has 1 aliphatic carbocycles. The van der Waals surface area contributed by atoms with Crippen LogP contribution in [0, 0.1) is 13.8 Å². The Kier molecular flexibility index (Phi) is 6.26. The Labute approximate surface area is 163 Å². The third kappa shape index (κ3) is 5.11. The highest BCUT2D eigenvalue weighted by Crippen LogP contribution is 2.29. The van der Waals surface area contributed by atoms with Crippen LogP contribution in [-0.4, -0.2) is 61.3 Å². The lowest BCUT2D eigenvalue weighted by molar-refractivity contribution is -0.136. The number of carbonyl (C=O) groups excluding carboxylic acids is 1. The molecule has 2 aliphatic rings. The van der Waals surface area contributed by atoms with Crippen LogP contribution in [0.25, 0.3) is 0 Å². The van der Waals surface area contributed by atoms with Gasteiger partial charge in [0.2, 0.25) is 5.91 Å². The van der Waals surface area contributed by atoms with E-state index in [1.165, 1.54) is 16.7 Å². The summed E-state index contributed by atoms with van der Waals surface area (Å²) in [5.41, 5.74) is 3.71. The zero-order valence-electron chi connectivity index (χ0n) is 16.8. The highest BCUT2D eigenvalue weighted by molar-refractivity contribution is 7.91. The lowest BCUT2D eigenvalue weighted by Gasteiger charge is -2.35. The van der Waals surface area contributed by atoms with Gasteiger partial charge < -0.3 is 4.90 Å². The van der Waals surface area contributed by atoms with Crippen molar-refractivity contribution < 1.29 is 13.2 Å². The fourth-order valence-electron chi connectivity index (χ4n) is 4.57. The summed E-state index contributed by atoms with van der Waals surface area (Å²) < 4.78 is 23.9. The van der Waals surface area contributed by atoms with E-state index in [9.17, 15) is 13.2 Å². The van der Waals surface area contributed by atoms with Gasteiger partial charge in [-0.2, -0.15) is 0 Å². The number of hydrogen-bond acceptors (Lipinski definition) is 4. The molecule has 1 amide bonds. The van der Waals surface area contributed by atoms with Crippen molar-refractivity contribution in [3.63, 3.8) is 0 Å². The fraction of sp³-hybridized carbons (Fsp3) is 0.667. The van der Waals surface area contributed by atoms with Crippen molar-refractivity contribution in [3.05, 3.63) is 34.9 Å². The zero-order valence-corrected chi connectivity index (χ0v) is 17.6. The molecule has 1 aromatic rings. The van der Waals surface area contributed by atoms with Gasteiger partial charge in [0, 0.05) is 18.6 Å². The minimum Gasteiger partial charge on any atom is -0.335 e. The second-order valence-corrected chi connectivity index (χ2v) is 10.6. The molecule has 5 nitrogen and oxygen atoms in total. The van der Waals surface area contributed by atoms with Crippen LogP contribution in [0.15, 0.2) is 18.2 Å². The Hall–Kier alpha value is -1.40. The minimum absolute atomic E-state index is 0.0799. The van der Waals surface area contributed by atoms with Gasteiger partial charge in [0.25, 0.3) is 0 Å². The van der Waals surface area contributed by atoms with Crippen molar-refractivity contribution >= 4 is 15.7 Å². The van der Waals surface area contributed by atoms with Crippen molar-refractivity contribution in [2.75, 3.05) is 25.1 Å². The molecule has 0 aromatic heterocycles. The number of hydrogen-bond donors (Lipinski definition) is 0. The zero-order chi connectivity index (χ0) is 19.6. The summed E-state index contributed by atoms with van der Waals surface area (Å²) in [5, 5.41) is 0. The molecule has 27 heavy (non-hydrogen) atoms. The fourth-order valence-corrected chi connectivity index (χ4v) is 6.28. The van der Waals surface area contributed by atoms with Crippen LogP contribution in [0.2, 0.25) is 0 Å². The SMILES string of the molecule is Cc1ccc(CN(C)CC(=O)N(C2CCCC2)C2CCS(=O)(=O)C2)c(C)c1. The lowest BCUT2D eigenvalue weighted by Crippen LogP contribution is -2.50. The molecule has 3 rings (SSSR count). The molecule has 0 N–H and O–H groups in total. The van der Waals surface area contributed by atoms with E-state index in [-0.39, 0.29) is 29.5 Å². The van der Waals surface area contributed by atoms with Crippen LogP contribution in [-0.2, 0) is 21.2 Å². The van der Waals surface area contributed by atoms with E-state index < -0.39 is 9.84 Å². The average molecular weight is 393 g/mol. The van der Waals surface area contributed by atoms with E-state index in [0.29, 0.717) is 13.0 Å². The number of nitrogens with zero attached hydrogens (tertiary/aromatic N) is 2. The monoisotopic (exact) mass is 392 g/mol. The Morgan fingerprint density at radius 1 is 1.11 bits per heavy atom. The molecule has 1 saturated heterocycles. The minimum atomic E-state index is -3.00. The largest absolute Gasteiger partial charge is 0.335 e. The summed E-state index contributed by atoms with van der Waals surface area (Å²) in [5.74, 6) is 0.430. The molecular formula is C21H32N2O3S. The molecular weight excluding hydrogens is 360 g/mol. The van der Waals surface area contributed by atoms with Crippen LogP contribution >= 0.6 is 0 Å².